The maximum absolute atomic E-state index is 12.5. The summed E-state index contributed by atoms with van der Waals surface area (Å²) < 4.78 is 8.11. The number of anilines is 1. The maximum atomic E-state index is 12.5. The number of piperidine rings is 1. The predicted octanol–water partition coefficient (Wildman–Crippen LogP) is 2.19. The van der Waals surface area contributed by atoms with Crippen LogP contribution >= 0.6 is 22.6 Å². The number of pyridine rings is 2. The molecule has 2 aromatic heterocycles. The molecule has 1 saturated heterocycles. The Hall–Kier alpha value is -5.13. The van der Waals surface area contributed by atoms with Crippen molar-refractivity contribution in [3.63, 3.8) is 0 Å². The van der Waals surface area contributed by atoms with Gasteiger partial charge in [-0.3, -0.25) is 28.8 Å². The van der Waals surface area contributed by atoms with Crippen molar-refractivity contribution in [3.05, 3.63) is 71.8 Å². The number of carboxylic acid groups (broad SMARTS) is 1. The van der Waals surface area contributed by atoms with Crippen LogP contribution in [0.1, 0.15) is 46.9 Å². The summed E-state index contributed by atoms with van der Waals surface area (Å²) in [5.41, 5.74) is -0.231. The third kappa shape index (κ3) is 8.13. The van der Waals surface area contributed by atoms with Crippen LogP contribution in [0.2, 0.25) is 0 Å². The molecule has 260 valence electrons. The van der Waals surface area contributed by atoms with Gasteiger partial charge in [-0.15, -0.1) is 0 Å². The first-order valence-corrected chi connectivity index (χ1v) is 16.4. The number of esters is 1. The van der Waals surface area contributed by atoms with E-state index in [2.05, 4.69) is 38.1 Å². The van der Waals surface area contributed by atoms with E-state index in [1.54, 1.807) is 37.3 Å². The molecule has 16 heteroatoms. The number of fused-ring (bicyclic) bond motifs is 2. The lowest BCUT2D eigenvalue weighted by molar-refractivity contribution is -0.141. The van der Waals surface area contributed by atoms with Gasteiger partial charge in [0.25, 0.3) is 22.9 Å². The number of ether oxygens (including phenoxy) is 1. The Balaban J connectivity index is 0.000000223. The number of nitrogens with one attached hydrogen (secondary N) is 2. The van der Waals surface area contributed by atoms with Crippen molar-refractivity contribution in [2.24, 2.45) is 14.1 Å². The molecular weight excluding hydrogens is 753 g/mol. The first-order valence-electron chi connectivity index (χ1n) is 15.3. The van der Waals surface area contributed by atoms with Gasteiger partial charge in [0, 0.05) is 47.2 Å². The molecule has 1 aliphatic heterocycles. The van der Waals surface area contributed by atoms with Crippen LogP contribution in [0.5, 0.6) is 11.5 Å². The van der Waals surface area contributed by atoms with Crippen molar-refractivity contribution < 1.29 is 39.2 Å². The highest BCUT2D eigenvalue weighted by atomic mass is 127. The van der Waals surface area contributed by atoms with Gasteiger partial charge in [-0.2, -0.15) is 0 Å². The van der Waals surface area contributed by atoms with Crippen LogP contribution in [0.4, 0.5) is 5.69 Å². The van der Waals surface area contributed by atoms with Crippen molar-refractivity contribution >= 4 is 73.8 Å². The molecule has 5 N–H and O–H groups in total. The second-order valence-corrected chi connectivity index (χ2v) is 12.4. The number of nitrogens with zero attached hydrogens (tertiary/aromatic N) is 3. The molecule has 0 saturated carbocycles. The lowest BCUT2D eigenvalue weighted by Gasteiger charge is -2.29. The Bertz CT molecular complexity index is 2070. The molecule has 0 bridgehead atoms. The average Bonchev–Trinajstić information content (AvgIpc) is 3.08. The van der Waals surface area contributed by atoms with E-state index in [0.717, 1.165) is 35.2 Å². The largest absolute Gasteiger partial charge is 0.506 e. The van der Waals surface area contributed by atoms with Gasteiger partial charge in [0.05, 0.1) is 17.6 Å². The second kappa shape index (κ2) is 15.8. The first kappa shape index (κ1) is 36.7. The molecule has 1 fully saturated rings. The number of benzene rings is 2. The SMILES string of the molecule is CCOC(=O)CNC(=O)c1c(O)c2cc(I)ccc2n(C)c1=O.Cn1c(=O)c(C(=O)NCC(=O)O)c(O)c2cc(N3CCCCC3)ccc21. The van der Waals surface area contributed by atoms with E-state index < -0.39 is 64.0 Å². The van der Waals surface area contributed by atoms with Crippen LogP contribution in [0, 0.1) is 3.57 Å². The summed E-state index contributed by atoms with van der Waals surface area (Å²) in [6, 6.07) is 10.6. The van der Waals surface area contributed by atoms with Gasteiger partial charge in [0.1, 0.15) is 35.7 Å². The molecule has 4 aromatic rings. The number of aromatic hydroxyl groups is 2. The highest BCUT2D eigenvalue weighted by Crippen LogP contribution is 2.31. The predicted molar refractivity (Wildman–Crippen MR) is 189 cm³/mol. The summed E-state index contributed by atoms with van der Waals surface area (Å²) >= 11 is 2.07. The Kier molecular flexibility index (Phi) is 11.9. The van der Waals surface area contributed by atoms with Gasteiger partial charge in [-0.05, 0) is 85.2 Å². The van der Waals surface area contributed by atoms with Crippen LogP contribution in [0.15, 0.2) is 46.0 Å². The molecule has 15 nitrogen and oxygen atoms in total. The Morgan fingerprint density at radius 2 is 1.31 bits per heavy atom. The monoisotopic (exact) mass is 789 g/mol. The van der Waals surface area contributed by atoms with E-state index in [9.17, 15) is 39.0 Å². The fraction of sp³-hybridized carbons (Fsp3) is 0.333. The maximum Gasteiger partial charge on any atom is 0.325 e. The van der Waals surface area contributed by atoms with E-state index in [4.69, 9.17) is 9.84 Å². The molecule has 0 aliphatic carbocycles. The minimum Gasteiger partial charge on any atom is -0.506 e. The van der Waals surface area contributed by atoms with Crippen LogP contribution in [0.3, 0.4) is 0 Å². The highest BCUT2D eigenvalue weighted by molar-refractivity contribution is 14.1. The normalized spacial score (nSPS) is 12.6. The molecule has 5 rings (SSSR count). The molecule has 49 heavy (non-hydrogen) atoms. The van der Waals surface area contributed by atoms with Crippen molar-refractivity contribution in [1.29, 1.82) is 0 Å². The number of halogens is 1. The number of aryl methyl sites for hydroxylation is 2. The number of amides is 2. The Morgan fingerprint density at radius 1 is 0.796 bits per heavy atom. The van der Waals surface area contributed by atoms with Crippen molar-refractivity contribution in [1.82, 2.24) is 19.8 Å². The number of hydrogen-bond acceptors (Lipinski definition) is 10. The highest BCUT2D eigenvalue weighted by Gasteiger charge is 2.24. The fourth-order valence-corrected chi connectivity index (χ4v) is 5.97. The van der Waals surface area contributed by atoms with Gasteiger partial charge in [0.2, 0.25) is 0 Å². The number of carbonyl (C=O) groups excluding carboxylic acids is 3. The lowest BCUT2D eigenvalue weighted by atomic mass is 10.1. The molecule has 3 heterocycles. The van der Waals surface area contributed by atoms with Crippen LogP contribution in [-0.4, -0.2) is 81.0 Å². The Morgan fingerprint density at radius 3 is 1.84 bits per heavy atom. The van der Waals surface area contributed by atoms with Crippen LogP contribution in [-0.2, 0) is 28.4 Å². The van der Waals surface area contributed by atoms with E-state index in [1.165, 1.54) is 29.7 Å². The molecule has 0 radical (unpaired) electrons. The summed E-state index contributed by atoms with van der Waals surface area (Å²) in [6.45, 7) is 2.67. The topological polar surface area (TPSA) is 209 Å². The summed E-state index contributed by atoms with van der Waals surface area (Å²) in [5, 5.41) is 34.8. The summed E-state index contributed by atoms with van der Waals surface area (Å²) in [4.78, 5) is 73.3. The number of carbonyl (C=O) groups is 4. The number of hydrogen-bond donors (Lipinski definition) is 5. The van der Waals surface area contributed by atoms with Crippen molar-refractivity contribution in [2.45, 2.75) is 26.2 Å². The van der Waals surface area contributed by atoms with Gasteiger partial charge in [0.15, 0.2) is 0 Å². The van der Waals surface area contributed by atoms with Crippen molar-refractivity contribution in [3.8, 4) is 11.5 Å². The fourth-order valence-electron chi connectivity index (χ4n) is 5.48. The summed E-state index contributed by atoms with van der Waals surface area (Å²) in [5.74, 6) is -4.41. The summed E-state index contributed by atoms with van der Waals surface area (Å²) in [6.07, 6.45) is 3.39. The number of aliphatic carboxylic acids is 1. The molecule has 2 amide bonds. The third-order valence-electron chi connectivity index (χ3n) is 7.96. The summed E-state index contributed by atoms with van der Waals surface area (Å²) in [7, 11) is 3.03. The first-order chi connectivity index (χ1) is 23.3. The van der Waals surface area contributed by atoms with Crippen molar-refractivity contribution in [2.75, 3.05) is 37.7 Å². The van der Waals surface area contributed by atoms with E-state index in [1.807, 2.05) is 6.07 Å². The van der Waals surface area contributed by atoms with Crippen LogP contribution in [0.25, 0.3) is 21.8 Å². The zero-order valence-electron chi connectivity index (χ0n) is 27.0. The minimum atomic E-state index is -1.23. The quantitative estimate of drug-likeness (QED) is 0.129. The molecule has 0 spiro atoms. The van der Waals surface area contributed by atoms with Gasteiger partial charge < -0.3 is 44.7 Å². The molecule has 1 aliphatic rings. The lowest BCUT2D eigenvalue weighted by Crippen LogP contribution is -2.35. The van der Waals surface area contributed by atoms with Crippen LogP contribution < -0.4 is 26.7 Å². The molecule has 0 atom stereocenters. The zero-order chi connectivity index (χ0) is 36.0. The van der Waals surface area contributed by atoms with Gasteiger partial charge >= 0.3 is 11.9 Å². The zero-order valence-corrected chi connectivity index (χ0v) is 29.2. The number of carboxylic acids is 1. The number of aromatic nitrogens is 2. The Labute approximate surface area is 293 Å². The van der Waals surface area contributed by atoms with E-state index in [-0.39, 0.29) is 13.2 Å². The average molecular weight is 790 g/mol. The molecular formula is C33H36IN5O10. The standard InChI is InChI=1S/C18H21N3O5.C15H15IN2O5/c1-20-13-6-5-11(21-7-3-2-4-8-21)9-12(13)16(24)15(18(20)26)17(25)19-10-14(22)23;1-3-23-11(19)7-17-14(21)12-13(20)9-6-8(16)4-5-10(9)18(2)15(12)22/h5-6,9,24H,2-4,7-8,10H2,1H3,(H,19,25)(H,22,23);4-6,20H,3,7H2,1-2H3,(H,17,21). The molecule has 2 aromatic carbocycles. The second-order valence-electron chi connectivity index (χ2n) is 11.2. The smallest absolute Gasteiger partial charge is 0.325 e. The number of rotatable bonds is 8. The minimum absolute atomic E-state index is 0.191. The van der Waals surface area contributed by atoms with E-state index >= 15 is 0 Å². The van der Waals surface area contributed by atoms with Gasteiger partial charge in [-0.1, -0.05) is 0 Å². The molecule has 0 unspecified atom stereocenters. The van der Waals surface area contributed by atoms with Gasteiger partial charge in [-0.25, -0.2) is 0 Å². The third-order valence-corrected chi connectivity index (χ3v) is 8.63. The van der Waals surface area contributed by atoms with E-state index in [0.29, 0.717) is 21.8 Å².